The molecule has 19 heavy (non-hydrogen) atoms. The Morgan fingerprint density at radius 2 is 2.37 bits per heavy atom. The molecule has 1 atom stereocenters. The number of hydrogen-bond donors (Lipinski definition) is 2. The van der Waals surface area contributed by atoms with Crippen molar-refractivity contribution in [3.05, 3.63) is 18.3 Å². The number of nitrogens with two attached hydrogens (primary N) is 1. The van der Waals surface area contributed by atoms with Crippen molar-refractivity contribution in [2.24, 2.45) is 16.8 Å². The Hall–Kier alpha value is -1.98. The summed E-state index contributed by atoms with van der Waals surface area (Å²) in [7, 11) is 1.91. The van der Waals surface area contributed by atoms with Gasteiger partial charge in [0.25, 0.3) is 0 Å². The van der Waals surface area contributed by atoms with Crippen molar-refractivity contribution >= 4 is 11.7 Å². The van der Waals surface area contributed by atoms with E-state index in [1.807, 2.05) is 31.0 Å². The lowest BCUT2D eigenvalue weighted by Gasteiger charge is -2.23. The number of nitrogens with zero attached hydrogens (tertiary/aromatic N) is 3. The number of oxime groups is 1. The lowest BCUT2D eigenvalue weighted by atomic mass is 10.1. The smallest absolute Gasteiger partial charge is 0.171 e. The Kier molecular flexibility index (Phi) is 5.92. The summed E-state index contributed by atoms with van der Waals surface area (Å²) in [6.07, 6.45) is 2.66. The van der Waals surface area contributed by atoms with Crippen molar-refractivity contribution in [2.75, 3.05) is 25.1 Å². The van der Waals surface area contributed by atoms with Crippen LogP contribution in [0, 0.1) is 5.92 Å². The van der Waals surface area contributed by atoms with Crippen LogP contribution in [0.15, 0.2) is 23.5 Å². The zero-order chi connectivity index (χ0) is 14.3. The topological polar surface area (TPSA) is 84.0 Å². The van der Waals surface area contributed by atoms with Gasteiger partial charge >= 0.3 is 0 Å². The molecule has 0 aromatic carbocycles. The molecule has 1 aromatic heterocycles. The summed E-state index contributed by atoms with van der Waals surface area (Å²) in [5.41, 5.74) is 5.58. The quantitative estimate of drug-likeness (QED) is 0.339. The molecule has 0 fully saturated rings. The standard InChI is InChI=1S/C13H22N4O2/c1-4-8-19-11-6-5-7-15-13(11)17(3)9-10(2)12(14)16-18/h5-7,10,18H,4,8-9H2,1-3H3,(H2,14,16). The van der Waals surface area contributed by atoms with Gasteiger partial charge in [-0.2, -0.15) is 0 Å². The number of hydrogen-bond acceptors (Lipinski definition) is 5. The van der Waals surface area contributed by atoms with Gasteiger partial charge in [-0.1, -0.05) is 19.0 Å². The largest absolute Gasteiger partial charge is 0.490 e. The molecule has 0 amide bonds. The predicted molar refractivity (Wildman–Crippen MR) is 75.9 cm³/mol. The number of anilines is 1. The van der Waals surface area contributed by atoms with E-state index in [0.717, 1.165) is 18.0 Å². The molecular formula is C13H22N4O2. The van der Waals surface area contributed by atoms with Crippen molar-refractivity contribution < 1.29 is 9.94 Å². The minimum absolute atomic E-state index is 0.0731. The van der Waals surface area contributed by atoms with Crippen molar-refractivity contribution in [1.29, 1.82) is 0 Å². The lowest BCUT2D eigenvalue weighted by Crippen LogP contribution is -2.33. The third kappa shape index (κ3) is 4.31. The van der Waals surface area contributed by atoms with Crippen LogP contribution in [0.2, 0.25) is 0 Å². The summed E-state index contributed by atoms with van der Waals surface area (Å²) in [6, 6.07) is 3.73. The molecule has 106 valence electrons. The normalized spacial score (nSPS) is 13.1. The van der Waals surface area contributed by atoms with E-state index in [2.05, 4.69) is 17.1 Å². The third-order valence-corrected chi connectivity index (χ3v) is 2.74. The first-order chi connectivity index (χ1) is 9.10. The maximum Gasteiger partial charge on any atom is 0.171 e. The van der Waals surface area contributed by atoms with Crippen LogP contribution in [0.5, 0.6) is 5.75 Å². The molecule has 6 nitrogen and oxygen atoms in total. The molecule has 0 aliphatic rings. The molecule has 0 aliphatic carbocycles. The van der Waals surface area contributed by atoms with E-state index in [1.165, 1.54) is 0 Å². The molecule has 3 N–H and O–H groups in total. The molecule has 1 rings (SSSR count). The Morgan fingerprint density at radius 3 is 3.00 bits per heavy atom. The van der Waals surface area contributed by atoms with E-state index in [-0.39, 0.29) is 11.8 Å². The zero-order valence-corrected chi connectivity index (χ0v) is 11.7. The van der Waals surface area contributed by atoms with Gasteiger partial charge in [-0.05, 0) is 18.6 Å². The van der Waals surface area contributed by atoms with Gasteiger partial charge in [-0.25, -0.2) is 4.98 Å². The summed E-state index contributed by atoms with van der Waals surface area (Å²) < 4.78 is 5.66. The van der Waals surface area contributed by atoms with E-state index in [1.54, 1.807) is 6.20 Å². The fourth-order valence-electron chi connectivity index (χ4n) is 1.68. The second kappa shape index (κ2) is 7.45. The van der Waals surface area contributed by atoms with Crippen LogP contribution in [-0.2, 0) is 0 Å². The van der Waals surface area contributed by atoms with Crippen LogP contribution in [0.3, 0.4) is 0 Å². The monoisotopic (exact) mass is 266 g/mol. The highest BCUT2D eigenvalue weighted by molar-refractivity contribution is 5.82. The second-order valence-corrected chi connectivity index (χ2v) is 4.48. The highest BCUT2D eigenvalue weighted by Crippen LogP contribution is 2.24. The fourth-order valence-corrected chi connectivity index (χ4v) is 1.68. The predicted octanol–water partition coefficient (Wildman–Crippen LogP) is 1.69. The Bertz CT molecular complexity index is 423. The third-order valence-electron chi connectivity index (χ3n) is 2.74. The summed E-state index contributed by atoms with van der Waals surface area (Å²) >= 11 is 0. The molecule has 1 aromatic rings. The van der Waals surface area contributed by atoms with Crippen molar-refractivity contribution in [3.8, 4) is 5.75 Å². The van der Waals surface area contributed by atoms with Gasteiger partial charge in [0.1, 0.15) is 5.84 Å². The molecule has 1 heterocycles. The molecule has 0 aliphatic heterocycles. The minimum Gasteiger partial charge on any atom is -0.490 e. The number of amidine groups is 1. The minimum atomic E-state index is -0.0731. The van der Waals surface area contributed by atoms with Gasteiger partial charge in [-0.3, -0.25) is 0 Å². The van der Waals surface area contributed by atoms with Crippen molar-refractivity contribution in [2.45, 2.75) is 20.3 Å². The number of rotatable bonds is 7. The number of pyridine rings is 1. The lowest BCUT2D eigenvalue weighted by molar-refractivity contribution is 0.314. The SMILES string of the molecule is CCCOc1cccnc1N(C)CC(C)/C(N)=N/O. The van der Waals surface area contributed by atoms with Gasteiger partial charge in [0, 0.05) is 25.7 Å². The van der Waals surface area contributed by atoms with Crippen LogP contribution in [0.4, 0.5) is 5.82 Å². The molecule has 0 bridgehead atoms. The van der Waals surface area contributed by atoms with Gasteiger partial charge < -0.3 is 20.6 Å². The zero-order valence-electron chi connectivity index (χ0n) is 11.7. The Morgan fingerprint density at radius 1 is 1.63 bits per heavy atom. The van der Waals surface area contributed by atoms with Gasteiger partial charge in [-0.15, -0.1) is 0 Å². The first-order valence-corrected chi connectivity index (χ1v) is 6.36. The van der Waals surface area contributed by atoms with Crippen LogP contribution >= 0.6 is 0 Å². The van der Waals surface area contributed by atoms with Gasteiger partial charge in [0.05, 0.1) is 6.61 Å². The van der Waals surface area contributed by atoms with E-state index >= 15 is 0 Å². The molecular weight excluding hydrogens is 244 g/mol. The summed E-state index contributed by atoms with van der Waals surface area (Å²) in [4.78, 5) is 6.27. The fraction of sp³-hybridized carbons (Fsp3) is 0.538. The molecule has 0 radical (unpaired) electrons. The van der Waals surface area contributed by atoms with E-state index < -0.39 is 0 Å². The summed E-state index contributed by atoms with van der Waals surface area (Å²) in [5.74, 6) is 1.64. The van der Waals surface area contributed by atoms with Crippen LogP contribution in [0.25, 0.3) is 0 Å². The van der Waals surface area contributed by atoms with E-state index in [4.69, 9.17) is 15.7 Å². The first kappa shape index (κ1) is 15.1. The van der Waals surface area contributed by atoms with E-state index in [0.29, 0.717) is 13.2 Å². The molecule has 0 spiro atoms. The van der Waals surface area contributed by atoms with E-state index in [9.17, 15) is 0 Å². The van der Waals surface area contributed by atoms with Crippen LogP contribution in [-0.4, -0.2) is 36.2 Å². The van der Waals surface area contributed by atoms with Gasteiger partial charge in [0.15, 0.2) is 11.6 Å². The van der Waals surface area contributed by atoms with Crippen molar-refractivity contribution in [3.63, 3.8) is 0 Å². The Balaban J connectivity index is 2.78. The molecule has 6 heteroatoms. The molecule has 0 saturated carbocycles. The molecule has 1 unspecified atom stereocenters. The first-order valence-electron chi connectivity index (χ1n) is 6.36. The Labute approximate surface area is 113 Å². The van der Waals surface area contributed by atoms with Crippen LogP contribution < -0.4 is 15.4 Å². The second-order valence-electron chi connectivity index (χ2n) is 4.48. The summed E-state index contributed by atoms with van der Waals surface area (Å²) in [5, 5.41) is 11.7. The van der Waals surface area contributed by atoms with Crippen molar-refractivity contribution in [1.82, 2.24) is 4.98 Å². The number of aromatic nitrogens is 1. The van der Waals surface area contributed by atoms with Gasteiger partial charge in [0.2, 0.25) is 0 Å². The molecule has 0 saturated heterocycles. The van der Waals surface area contributed by atoms with Crippen LogP contribution in [0.1, 0.15) is 20.3 Å². The maximum atomic E-state index is 8.66. The summed E-state index contributed by atoms with van der Waals surface area (Å²) in [6.45, 7) is 5.19. The maximum absolute atomic E-state index is 8.66. The number of ether oxygens (including phenoxy) is 1. The highest BCUT2D eigenvalue weighted by atomic mass is 16.5. The average molecular weight is 266 g/mol. The highest BCUT2D eigenvalue weighted by Gasteiger charge is 2.15. The average Bonchev–Trinajstić information content (AvgIpc) is 2.44.